The van der Waals surface area contributed by atoms with Gasteiger partial charge in [-0.3, -0.25) is 14.5 Å². The van der Waals surface area contributed by atoms with E-state index >= 15 is 0 Å². The Bertz CT molecular complexity index is 1170. The highest BCUT2D eigenvalue weighted by atomic mass is 32.1. The number of hydrogen-bond donors (Lipinski definition) is 3. The lowest BCUT2D eigenvalue weighted by Crippen LogP contribution is -2.31. The second-order valence-electron chi connectivity index (χ2n) is 8.69. The van der Waals surface area contributed by atoms with Crippen LogP contribution in [0.2, 0.25) is 0 Å². The Labute approximate surface area is 202 Å². The topological polar surface area (TPSA) is 124 Å². The summed E-state index contributed by atoms with van der Waals surface area (Å²) in [6.45, 7) is 4.25. The number of nitrogens with one attached hydrogen (secondary N) is 2. The molecule has 3 aromatic rings. The third-order valence-electron chi connectivity index (χ3n) is 6.01. The van der Waals surface area contributed by atoms with Gasteiger partial charge in [-0.2, -0.15) is 5.10 Å². The van der Waals surface area contributed by atoms with E-state index in [2.05, 4.69) is 20.7 Å². The number of amides is 2. The van der Waals surface area contributed by atoms with Gasteiger partial charge in [0.1, 0.15) is 11.1 Å². The average Bonchev–Trinajstić information content (AvgIpc) is 3.29. The van der Waals surface area contributed by atoms with Gasteiger partial charge in [0.25, 0.3) is 0 Å². The number of nitrogen functional groups attached to an aromatic ring is 1. The number of fused-ring (bicyclic) bond motifs is 1. The Morgan fingerprint density at radius 1 is 1.38 bits per heavy atom. The van der Waals surface area contributed by atoms with Crippen molar-refractivity contribution in [2.75, 3.05) is 11.1 Å². The van der Waals surface area contributed by atoms with Crippen LogP contribution in [0.15, 0.2) is 30.6 Å². The molecule has 0 aromatic carbocycles. The van der Waals surface area contributed by atoms with Crippen LogP contribution in [-0.2, 0) is 36.0 Å². The molecule has 9 nitrogen and oxygen atoms in total. The van der Waals surface area contributed by atoms with Crippen molar-refractivity contribution in [3.05, 3.63) is 58.0 Å². The Hall–Kier alpha value is -3.40. The summed E-state index contributed by atoms with van der Waals surface area (Å²) in [5, 5.41) is 10.7. The first-order valence-corrected chi connectivity index (χ1v) is 12.2. The minimum absolute atomic E-state index is 0.00348. The zero-order valence-electron chi connectivity index (χ0n) is 19.6. The van der Waals surface area contributed by atoms with Crippen molar-refractivity contribution in [1.29, 1.82) is 0 Å². The van der Waals surface area contributed by atoms with Crippen LogP contribution in [0.5, 0.6) is 0 Å². The van der Waals surface area contributed by atoms with Gasteiger partial charge in [-0.1, -0.05) is 13.0 Å². The van der Waals surface area contributed by atoms with E-state index in [1.807, 2.05) is 45.3 Å². The molecule has 34 heavy (non-hydrogen) atoms. The fraction of sp³-hybridized carbons (Fsp3) is 0.417. The summed E-state index contributed by atoms with van der Waals surface area (Å²) < 4.78 is 7.36. The van der Waals surface area contributed by atoms with Crippen LogP contribution in [0, 0.1) is 6.92 Å². The van der Waals surface area contributed by atoms with Crippen LogP contribution < -0.4 is 16.4 Å². The van der Waals surface area contributed by atoms with Gasteiger partial charge in [-0.25, -0.2) is 4.79 Å². The molecule has 3 heterocycles. The molecular weight excluding hydrogens is 452 g/mol. The van der Waals surface area contributed by atoms with Gasteiger partial charge in [0.05, 0.1) is 11.4 Å². The number of aromatic nitrogens is 3. The molecular formula is C24H30N6O3S. The number of anilines is 2. The monoisotopic (exact) mass is 482 g/mol. The molecule has 0 radical (unpaired) electrons. The Morgan fingerprint density at radius 2 is 2.21 bits per heavy atom. The Kier molecular flexibility index (Phi) is 7.16. The number of carbonyl (C=O) groups excluding carboxylic acids is 2. The summed E-state index contributed by atoms with van der Waals surface area (Å²) in [5.41, 5.74) is 10.7. The normalized spacial score (nSPS) is 15.9. The number of thiophene rings is 1. The highest BCUT2D eigenvalue weighted by molar-refractivity contribution is 7.17. The number of ether oxygens (including phenoxy) is 1. The van der Waals surface area contributed by atoms with Gasteiger partial charge in [0.15, 0.2) is 0 Å². The Morgan fingerprint density at radius 3 is 2.91 bits per heavy atom. The number of nitrogens with zero attached hydrogens (tertiary/aromatic N) is 3. The maximum Gasteiger partial charge on any atom is 0.407 e. The van der Waals surface area contributed by atoms with Crippen molar-refractivity contribution < 1.29 is 14.3 Å². The standard InChI is InChI=1S/C24H30N6O3S/c1-14(19-6-4-5-9-26-19)10-21(31)28-23-22(25)18-8-7-17(11-20(18)34-23)33-24(32)27-12-16-13-30(3)29-15(16)2/h4-6,9,13-14,17H,7-8,10-12,25H2,1-3H3,(H,27,32)(H,28,31). The first kappa shape index (κ1) is 23.7. The summed E-state index contributed by atoms with van der Waals surface area (Å²) in [6.07, 6.45) is 5.24. The highest BCUT2D eigenvalue weighted by Crippen LogP contribution is 2.41. The number of rotatable bonds is 7. The molecule has 0 spiro atoms. The lowest BCUT2D eigenvalue weighted by molar-refractivity contribution is -0.116. The van der Waals surface area contributed by atoms with E-state index < -0.39 is 6.09 Å². The van der Waals surface area contributed by atoms with E-state index in [4.69, 9.17) is 10.5 Å². The number of hydrogen-bond acceptors (Lipinski definition) is 7. The molecule has 0 saturated heterocycles. The van der Waals surface area contributed by atoms with Crippen LogP contribution in [0.1, 0.15) is 53.1 Å². The van der Waals surface area contributed by atoms with E-state index in [1.54, 1.807) is 10.9 Å². The van der Waals surface area contributed by atoms with Gasteiger partial charge in [-0.15, -0.1) is 11.3 Å². The predicted octanol–water partition coefficient (Wildman–Crippen LogP) is 3.68. The average molecular weight is 483 g/mol. The van der Waals surface area contributed by atoms with Crippen LogP contribution >= 0.6 is 11.3 Å². The smallest absolute Gasteiger partial charge is 0.407 e. The van der Waals surface area contributed by atoms with E-state index in [0.29, 0.717) is 42.9 Å². The van der Waals surface area contributed by atoms with E-state index in [9.17, 15) is 9.59 Å². The summed E-state index contributed by atoms with van der Waals surface area (Å²) in [6, 6.07) is 5.69. The SMILES string of the molecule is Cc1nn(C)cc1CNC(=O)OC1CCc2c(sc(NC(=O)CC(C)c3ccccn3)c2N)C1. The largest absolute Gasteiger partial charge is 0.446 e. The molecule has 4 N–H and O–H groups in total. The number of nitrogens with two attached hydrogens (primary N) is 1. The maximum atomic E-state index is 12.6. The molecule has 3 aromatic heterocycles. The first-order chi connectivity index (χ1) is 16.3. The van der Waals surface area contributed by atoms with Crippen molar-refractivity contribution in [1.82, 2.24) is 20.1 Å². The van der Waals surface area contributed by atoms with Crippen LogP contribution in [-0.4, -0.2) is 32.9 Å². The van der Waals surface area contributed by atoms with Crippen molar-refractivity contribution in [3.63, 3.8) is 0 Å². The van der Waals surface area contributed by atoms with Crippen LogP contribution in [0.25, 0.3) is 0 Å². The van der Waals surface area contributed by atoms with Gasteiger partial charge in [-0.05, 0) is 37.5 Å². The third kappa shape index (κ3) is 5.56. The zero-order chi connectivity index (χ0) is 24.2. The third-order valence-corrected chi connectivity index (χ3v) is 7.20. The molecule has 0 aliphatic heterocycles. The van der Waals surface area contributed by atoms with Crippen molar-refractivity contribution in [3.8, 4) is 0 Å². The van der Waals surface area contributed by atoms with Crippen molar-refractivity contribution >= 4 is 34.0 Å². The van der Waals surface area contributed by atoms with Crippen molar-refractivity contribution in [2.24, 2.45) is 7.05 Å². The van der Waals surface area contributed by atoms with Gasteiger partial charge in [0.2, 0.25) is 5.91 Å². The molecule has 1 aliphatic carbocycles. The lowest BCUT2D eigenvalue weighted by atomic mass is 9.95. The van der Waals surface area contributed by atoms with Gasteiger partial charge in [0, 0.05) is 60.9 Å². The fourth-order valence-electron chi connectivity index (χ4n) is 4.18. The van der Waals surface area contributed by atoms with Gasteiger partial charge < -0.3 is 21.1 Å². The van der Waals surface area contributed by atoms with Gasteiger partial charge >= 0.3 is 6.09 Å². The molecule has 2 amide bonds. The van der Waals surface area contributed by atoms with E-state index in [1.165, 1.54) is 11.3 Å². The lowest BCUT2D eigenvalue weighted by Gasteiger charge is -2.22. The fourth-order valence-corrected chi connectivity index (χ4v) is 5.43. The quantitative estimate of drug-likeness (QED) is 0.472. The zero-order valence-corrected chi connectivity index (χ0v) is 20.4. The second kappa shape index (κ2) is 10.3. The maximum absolute atomic E-state index is 12.6. The second-order valence-corrected chi connectivity index (χ2v) is 9.80. The minimum Gasteiger partial charge on any atom is -0.446 e. The molecule has 4 rings (SSSR count). The van der Waals surface area contributed by atoms with E-state index in [0.717, 1.165) is 27.4 Å². The minimum atomic E-state index is -0.446. The number of aryl methyl sites for hydroxylation is 2. The molecule has 2 atom stereocenters. The molecule has 0 bridgehead atoms. The molecule has 0 fully saturated rings. The number of alkyl carbamates (subject to hydrolysis) is 1. The predicted molar refractivity (Wildman–Crippen MR) is 132 cm³/mol. The summed E-state index contributed by atoms with van der Waals surface area (Å²) >= 11 is 1.46. The molecule has 2 unspecified atom stereocenters. The number of pyridine rings is 1. The summed E-state index contributed by atoms with van der Waals surface area (Å²) in [7, 11) is 1.85. The Balaban J connectivity index is 1.31. The highest BCUT2D eigenvalue weighted by Gasteiger charge is 2.27. The summed E-state index contributed by atoms with van der Waals surface area (Å²) in [5.74, 6) is -0.0925. The van der Waals surface area contributed by atoms with Crippen LogP contribution in [0.4, 0.5) is 15.5 Å². The first-order valence-electron chi connectivity index (χ1n) is 11.3. The molecule has 180 valence electrons. The van der Waals surface area contributed by atoms with Crippen LogP contribution in [0.3, 0.4) is 0 Å². The molecule has 1 aliphatic rings. The molecule has 0 saturated carbocycles. The molecule has 10 heteroatoms. The van der Waals surface area contributed by atoms with E-state index in [-0.39, 0.29) is 17.9 Å². The summed E-state index contributed by atoms with van der Waals surface area (Å²) in [4.78, 5) is 30.3. The number of carbonyl (C=O) groups is 2. The van der Waals surface area contributed by atoms with Crippen molar-refractivity contribution in [2.45, 2.75) is 58.1 Å².